The van der Waals surface area contributed by atoms with Gasteiger partial charge in [0, 0.05) is 12.7 Å². The molecular weight excluding hydrogens is 228 g/mol. The number of methoxy groups -OCH3 is 1. The van der Waals surface area contributed by atoms with Crippen LogP contribution in [-0.4, -0.2) is 18.0 Å². The molecule has 0 aliphatic carbocycles. The van der Waals surface area contributed by atoms with E-state index in [1.807, 2.05) is 30.3 Å². The van der Waals surface area contributed by atoms with E-state index in [4.69, 9.17) is 4.74 Å². The highest BCUT2D eigenvalue weighted by Gasteiger charge is 2.11. The Bertz CT molecular complexity index is 526. The Kier molecular flexibility index (Phi) is 3.91. The van der Waals surface area contributed by atoms with Crippen LogP contribution in [0.15, 0.2) is 48.8 Å². The second-order valence-electron chi connectivity index (χ2n) is 3.74. The van der Waals surface area contributed by atoms with Crippen molar-refractivity contribution in [3.8, 4) is 5.75 Å². The van der Waals surface area contributed by atoms with E-state index in [1.54, 1.807) is 12.3 Å². The quantitative estimate of drug-likeness (QED) is 0.892. The smallest absolute Gasteiger partial charge is 0.255 e. The molecule has 0 saturated carbocycles. The summed E-state index contributed by atoms with van der Waals surface area (Å²) < 4.78 is 5.10. The lowest BCUT2D eigenvalue weighted by Crippen LogP contribution is -2.23. The van der Waals surface area contributed by atoms with Crippen LogP contribution in [0, 0.1) is 0 Å². The first-order chi connectivity index (χ1) is 8.81. The lowest BCUT2D eigenvalue weighted by Gasteiger charge is -2.08. The lowest BCUT2D eigenvalue weighted by atomic mass is 10.2. The largest absolute Gasteiger partial charge is 0.494 e. The standard InChI is InChI=1S/C14H14N2O2/c1-18-13-10-15-8-7-12(13)14(17)16-9-11-5-3-2-4-6-11/h2-8,10H,9H2,1H3,(H,16,17). The van der Waals surface area contributed by atoms with E-state index >= 15 is 0 Å². The maximum Gasteiger partial charge on any atom is 0.255 e. The fraction of sp³-hybridized carbons (Fsp3) is 0.143. The predicted octanol–water partition coefficient (Wildman–Crippen LogP) is 2.02. The molecule has 92 valence electrons. The molecule has 0 saturated heterocycles. The summed E-state index contributed by atoms with van der Waals surface area (Å²) in [7, 11) is 1.52. The molecule has 1 heterocycles. The number of carbonyl (C=O) groups is 1. The molecule has 18 heavy (non-hydrogen) atoms. The summed E-state index contributed by atoms with van der Waals surface area (Å²) in [4.78, 5) is 15.9. The predicted molar refractivity (Wildman–Crippen MR) is 68.4 cm³/mol. The van der Waals surface area contributed by atoms with E-state index in [2.05, 4.69) is 10.3 Å². The third-order valence-corrected chi connectivity index (χ3v) is 2.54. The summed E-state index contributed by atoms with van der Waals surface area (Å²) in [5.41, 5.74) is 1.54. The van der Waals surface area contributed by atoms with E-state index in [0.29, 0.717) is 17.9 Å². The molecule has 0 radical (unpaired) electrons. The number of carbonyl (C=O) groups excluding carboxylic acids is 1. The summed E-state index contributed by atoms with van der Waals surface area (Å²) in [6.45, 7) is 0.491. The molecular formula is C14H14N2O2. The average molecular weight is 242 g/mol. The zero-order valence-electron chi connectivity index (χ0n) is 10.1. The maximum absolute atomic E-state index is 12.0. The number of aromatic nitrogens is 1. The number of rotatable bonds is 4. The van der Waals surface area contributed by atoms with Crippen LogP contribution < -0.4 is 10.1 Å². The fourth-order valence-electron chi connectivity index (χ4n) is 1.60. The SMILES string of the molecule is COc1cnccc1C(=O)NCc1ccccc1. The highest BCUT2D eigenvalue weighted by molar-refractivity contribution is 5.96. The molecule has 2 rings (SSSR count). The molecule has 0 aliphatic rings. The number of nitrogens with zero attached hydrogens (tertiary/aromatic N) is 1. The van der Waals surface area contributed by atoms with Crippen LogP contribution in [0.2, 0.25) is 0 Å². The van der Waals surface area contributed by atoms with Gasteiger partial charge in [0.15, 0.2) is 0 Å². The summed E-state index contributed by atoms with van der Waals surface area (Å²) in [5.74, 6) is 0.307. The second kappa shape index (κ2) is 5.82. The van der Waals surface area contributed by atoms with Crippen molar-refractivity contribution in [2.45, 2.75) is 6.54 Å². The van der Waals surface area contributed by atoms with Gasteiger partial charge in [0.2, 0.25) is 0 Å². The van der Waals surface area contributed by atoms with E-state index in [9.17, 15) is 4.79 Å². The Labute approximate surface area is 106 Å². The summed E-state index contributed by atoms with van der Waals surface area (Å²) in [6, 6.07) is 11.4. The van der Waals surface area contributed by atoms with Gasteiger partial charge in [-0.3, -0.25) is 9.78 Å². The molecule has 1 aromatic carbocycles. The highest BCUT2D eigenvalue weighted by Crippen LogP contribution is 2.15. The monoisotopic (exact) mass is 242 g/mol. The summed E-state index contributed by atoms with van der Waals surface area (Å²) >= 11 is 0. The Hall–Kier alpha value is -2.36. The van der Waals surface area contributed by atoms with Gasteiger partial charge in [0.1, 0.15) is 5.75 Å². The average Bonchev–Trinajstić information content (AvgIpc) is 2.45. The fourth-order valence-corrected chi connectivity index (χ4v) is 1.60. The zero-order chi connectivity index (χ0) is 12.8. The van der Waals surface area contributed by atoms with Crippen LogP contribution >= 0.6 is 0 Å². The van der Waals surface area contributed by atoms with Gasteiger partial charge < -0.3 is 10.1 Å². The third kappa shape index (κ3) is 2.85. The zero-order valence-corrected chi connectivity index (χ0v) is 10.1. The third-order valence-electron chi connectivity index (χ3n) is 2.54. The Balaban J connectivity index is 2.04. The van der Waals surface area contributed by atoms with Crippen LogP contribution in [-0.2, 0) is 6.54 Å². The molecule has 0 unspecified atom stereocenters. The van der Waals surface area contributed by atoms with Crippen LogP contribution in [0.1, 0.15) is 15.9 Å². The minimum Gasteiger partial charge on any atom is -0.494 e. The molecule has 0 fully saturated rings. The van der Waals surface area contributed by atoms with Gasteiger partial charge in [-0.2, -0.15) is 0 Å². The first-order valence-electron chi connectivity index (χ1n) is 5.61. The van der Waals surface area contributed by atoms with E-state index in [0.717, 1.165) is 5.56 Å². The maximum atomic E-state index is 12.0. The van der Waals surface area contributed by atoms with Crippen molar-refractivity contribution < 1.29 is 9.53 Å². The normalized spacial score (nSPS) is 9.83. The van der Waals surface area contributed by atoms with Crippen molar-refractivity contribution in [1.82, 2.24) is 10.3 Å². The van der Waals surface area contributed by atoms with Crippen molar-refractivity contribution in [3.63, 3.8) is 0 Å². The number of hydrogen-bond donors (Lipinski definition) is 1. The van der Waals surface area contributed by atoms with Crippen LogP contribution in [0.5, 0.6) is 5.75 Å². The molecule has 0 aliphatic heterocycles. The van der Waals surface area contributed by atoms with E-state index in [1.165, 1.54) is 13.3 Å². The van der Waals surface area contributed by atoms with E-state index in [-0.39, 0.29) is 5.91 Å². The van der Waals surface area contributed by atoms with Crippen LogP contribution in [0.4, 0.5) is 0 Å². The molecule has 0 spiro atoms. The van der Waals surface area contributed by atoms with Crippen molar-refractivity contribution >= 4 is 5.91 Å². The first kappa shape index (κ1) is 12.1. The number of ether oxygens (including phenoxy) is 1. The Morgan fingerprint density at radius 3 is 2.78 bits per heavy atom. The van der Waals surface area contributed by atoms with Gasteiger partial charge in [-0.15, -0.1) is 0 Å². The van der Waals surface area contributed by atoms with E-state index < -0.39 is 0 Å². The van der Waals surface area contributed by atoms with Gasteiger partial charge in [-0.25, -0.2) is 0 Å². The summed E-state index contributed by atoms with van der Waals surface area (Å²) in [6.07, 6.45) is 3.09. The van der Waals surface area contributed by atoms with Gasteiger partial charge in [-0.05, 0) is 11.6 Å². The molecule has 1 amide bonds. The molecule has 4 nitrogen and oxygen atoms in total. The van der Waals surface area contributed by atoms with Gasteiger partial charge in [0.05, 0.1) is 18.9 Å². The minimum atomic E-state index is -0.168. The number of benzene rings is 1. The molecule has 1 aromatic heterocycles. The van der Waals surface area contributed by atoms with Crippen molar-refractivity contribution in [1.29, 1.82) is 0 Å². The van der Waals surface area contributed by atoms with Gasteiger partial charge in [0.25, 0.3) is 5.91 Å². The molecule has 1 N–H and O–H groups in total. The van der Waals surface area contributed by atoms with Gasteiger partial charge >= 0.3 is 0 Å². The Morgan fingerprint density at radius 2 is 2.06 bits per heavy atom. The number of hydrogen-bond acceptors (Lipinski definition) is 3. The highest BCUT2D eigenvalue weighted by atomic mass is 16.5. The first-order valence-corrected chi connectivity index (χ1v) is 5.61. The molecule has 4 heteroatoms. The number of nitrogens with one attached hydrogen (secondary N) is 1. The van der Waals surface area contributed by atoms with Crippen molar-refractivity contribution in [2.75, 3.05) is 7.11 Å². The second-order valence-corrected chi connectivity index (χ2v) is 3.74. The number of pyridine rings is 1. The molecule has 0 bridgehead atoms. The molecule has 2 aromatic rings. The van der Waals surface area contributed by atoms with Crippen LogP contribution in [0.3, 0.4) is 0 Å². The Morgan fingerprint density at radius 1 is 1.28 bits per heavy atom. The van der Waals surface area contributed by atoms with Crippen molar-refractivity contribution in [2.24, 2.45) is 0 Å². The van der Waals surface area contributed by atoms with Gasteiger partial charge in [-0.1, -0.05) is 30.3 Å². The van der Waals surface area contributed by atoms with Crippen LogP contribution in [0.25, 0.3) is 0 Å². The minimum absolute atomic E-state index is 0.168. The van der Waals surface area contributed by atoms with Crippen molar-refractivity contribution in [3.05, 3.63) is 59.9 Å². The number of amides is 1. The lowest BCUT2D eigenvalue weighted by molar-refractivity contribution is 0.0947. The topological polar surface area (TPSA) is 51.2 Å². The summed E-state index contributed by atoms with van der Waals surface area (Å²) in [5, 5.41) is 2.84. The molecule has 0 atom stereocenters.